The van der Waals surface area contributed by atoms with Crippen LogP contribution in [-0.4, -0.2) is 37.1 Å². The summed E-state index contributed by atoms with van der Waals surface area (Å²) in [6.07, 6.45) is 0.0883. The van der Waals surface area contributed by atoms with Crippen LogP contribution in [0.5, 0.6) is 0 Å². The zero-order chi connectivity index (χ0) is 11.3. The summed E-state index contributed by atoms with van der Waals surface area (Å²) in [7, 11) is 0. The third-order valence-electron chi connectivity index (χ3n) is 1.88. The maximum absolute atomic E-state index is 11.2. The predicted octanol–water partition coefficient (Wildman–Crippen LogP) is -0.629. The highest BCUT2D eigenvalue weighted by Gasteiger charge is 2.28. The highest BCUT2D eigenvalue weighted by atomic mass is 16.5. The lowest BCUT2D eigenvalue weighted by molar-refractivity contribution is -0.147. The second-order valence-corrected chi connectivity index (χ2v) is 3.06. The Kier molecular flexibility index (Phi) is 4.08. The fraction of sp³-hybridized carbons (Fsp3) is 0.667. The van der Waals surface area contributed by atoms with E-state index in [0.717, 1.165) is 0 Å². The number of rotatable bonds is 4. The molecule has 15 heavy (non-hydrogen) atoms. The number of carbonyl (C=O) groups is 3. The van der Waals surface area contributed by atoms with Crippen molar-refractivity contribution in [2.24, 2.45) is 0 Å². The van der Waals surface area contributed by atoms with Crippen LogP contribution < -0.4 is 5.32 Å². The van der Waals surface area contributed by atoms with Crippen LogP contribution in [0.4, 0.5) is 0 Å². The van der Waals surface area contributed by atoms with Gasteiger partial charge in [0.2, 0.25) is 5.91 Å². The van der Waals surface area contributed by atoms with Crippen LogP contribution in [0, 0.1) is 0 Å². The Hall–Kier alpha value is -1.59. The first-order chi connectivity index (χ1) is 7.13. The van der Waals surface area contributed by atoms with E-state index in [4.69, 9.17) is 0 Å². The van der Waals surface area contributed by atoms with Crippen LogP contribution in [0.3, 0.4) is 0 Å². The van der Waals surface area contributed by atoms with Gasteiger partial charge < -0.3 is 14.8 Å². The van der Waals surface area contributed by atoms with Gasteiger partial charge in [-0.05, 0) is 6.92 Å². The van der Waals surface area contributed by atoms with Crippen LogP contribution in [0.25, 0.3) is 0 Å². The van der Waals surface area contributed by atoms with Crippen molar-refractivity contribution in [2.45, 2.75) is 25.8 Å². The highest BCUT2D eigenvalue weighted by Crippen LogP contribution is 2.05. The number of carbonyl (C=O) groups excluding carboxylic acids is 3. The Morgan fingerprint density at radius 2 is 2.33 bits per heavy atom. The standard InChI is InChI=1S/C9H13NO5/c1-2-14-8(12)5-7(11)10-6-3-4-15-9(6)13/h6H,2-5H2,1H3,(H,10,11). The van der Waals surface area contributed by atoms with Gasteiger partial charge in [-0.1, -0.05) is 0 Å². The molecule has 0 spiro atoms. The Morgan fingerprint density at radius 3 is 2.87 bits per heavy atom. The van der Waals surface area contributed by atoms with Crippen molar-refractivity contribution in [3.63, 3.8) is 0 Å². The van der Waals surface area contributed by atoms with Gasteiger partial charge >= 0.3 is 11.9 Å². The lowest BCUT2D eigenvalue weighted by Crippen LogP contribution is -2.38. The van der Waals surface area contributed by atoms with Gasteiger partial charge in [0.15, 0.2) is 0 Å². The average Bonchev–Trinajstić information content (AvgIpc) is 2.52. The molecule has 0 aromatic heterocycles. The summed E-state index contributed by atoms with van der Waals surface area (Å²) in [6, 6.07) is -0.619. The largest absolute Gasteiger partial charge is 0.466 e. The van der Waals surface area contributed by atoms with Gasteiger partial charge in [0.1, 0.15) is 12.5 Å². The molecule has 0 radical (unpaired) electrons. The fourth-order valence-corrected chi connectivity index (χ4v) is 1.22. The quantitative estimate of drug-likeness (QED) is 0.499. The average molecular weight is 215 g/mol. The van der Waals surface area contributed by atoms with Gasteiger partial charge in [-0.15, -0.1) is 0 Å². The summed E-state index contributed by atoms with van der Waals surface area (Å²) in [5.74, 6) is -1.56. The van der Waals surface area contributed by atoms with Gasteiger partial charge in [0, 0.05) is 6.42 Å². The normalized spacial score (nSPS) is 19.5. The Balaban J connectivity index is 2.29. The molecule has 0 bridgehead atoms. The molecule has 1 N–H and O–H groups in total. The molecule has 1 unspecified atom stereocenters. The molecule has 84 valence electrons. The van der Waals surface area contributed by atoms with E-state index in [-0.39, 0.29) is 13.0 Å². The predicted molar refractivity (Wildman–Crippen MR) is 48.8 cm³/mol. The van der Waals surface area contributed by atoms with Crippen molar-refractivity contribution < 1.29 is 23.9 Å². The number of cyclic esters (lactones) is 1. The molecule has 1 aliphatic rings. The topological polar surface area (TPSA) is 81.7 Å². The maximum atomic E-state index is 11.2. The minimum Gasteiger partial charge on any atom is -0.466 e. The van der Waals surface area contributed by atoms with Crippen molar-refractivity contribution in [1.82, 2.24) is 5.32 Å². The summed E-state index contributed by atoms with van der Waals surface area (Å²) in [5, 5.41) is 2.40. The van der Waals surface area contributed by atoms with E-state index in [1.54, 1.807) is 6.92 Å². The first-order valence-corrected chi connectivity index (χ1v) is 4.75. The van der Waals surface area contributed by atoms with Crippen LogP contribution >= 0.6 is 0 Å². The molecule has 6 nitrogen and oxygen atoms in total. The lowest BCUT2D eigenvalue weighted by atomic mass is 10.2. The SMILES string of the molecule is CCOC(=O)CC(=O)NC1CCOC1=O. The molecule has 0 saturated carbocycles. The second kappa shape index (κ2) is 5.33. The minimum absolute atomic E-state index is 0.234. The van der Waals surface area contributed by atoms with Gasteiger partial charge in [-0.3, -0.25) is 9.59 Å². The van der Waals surface area contributed by atoms with Crippen LogP contribution in [0.1, 0.15) is 19.8 Å². The molecule has 6 heteroatoms. The van der Waals surface area contributed by atoms with Crippen molar-refractivity contribution in [3.8, 4) is 0 Å². The maximum Gasteiger partial charge on any atom is 0.328 e. The van der Waals surface area contributed by atoms with Gasteiger partial charge in [-0.2, -0.15) is 0 Å². The van der Waals surface area contributed by atoms with Gasteiger partial charge in [0.05, 0.1) is 13.2 Å². The number of nitrogens with one attached hydrogen (secondary N) is 1. The lowest BCUT2D eigenvalue weighted by Gasteiger charge is -2.07. The van der Waals surface area contributed by atoms with E-state index in [1.165, 1.54) is 0 Å². The van der Waals surface area contributed by atoms with Crippen LogP contribution in [0.15, 0.2) is 0 Å². The van der Waals surface area contributed by atoms with E-state index >= 15 is 0 Å². The van der Waals surface area contributed by atoms with Crippen molar-refractivity contribution in [3.05, 3.63) is 0 Å². The Labute approximate surface area is 86.9 Å². The summed E-state index contributed by atoms with van der Waals surface area (Å²) in [5.41, 5.74) is 0. The van der Waals surface area contributed by atoms with Gasteiger partial charge in [0.25, 0.3) is 0 Å². The molecule has 1 atom stereocenters. The zero-order valence-corrected chi connectivity index (χ0v) is 8.45. The second-order valence-electron chi connectivity index (χ2n) is 3.06. The van der Waals surface area contributed by atoms with Gasteiger partial charge in [-0.25, -0.2) is 4.79 Å². The Morgan fingerprint density at radius 1 is 1.60 bits per heavy atom. The van der Waals surface area contributed by atoms with Crippen LogP contribution in [0.2, 0.25) is 0 Å². The summed E-state index contributed by atoms with van der Waals surface area (Å²) in [4.78, 5) is 33.1. The summed E-state index contributed by atoms with van der Waals surface area (Å²) < 4.78 is 9.24. The van der Waals surface area contributed by atoms with E-state index in [9.17, 15) is 14.4 Å². The number of ether oxygens (including phenoxy) is 2. The number of hydrogen-bond donors (Lipinski definition) is 1. The van der Waals surface area contributed by atoms with Crippen molar-refractivity contribution >= 4 is 17.8 Å². The first kappa shape index (κ1) is 11.5. The smallest absolute Gasteiger partial charge is 0.328 e. The number of amides is 1. The molecular formula is C9H13NO5. The fourth-order valence-electron chi connectivity index (χ4n) is 1.22. The molecule has 1 saturated heterocycles. The summed E-state index contributed by atoms with van der Waals surface area (Å²) >= 11 is 0. The molecule has 1 amide bonds. The molecule has 0 aliphatic carbocycles. The van der Waals surface area contributed by atoms with Crippen molar-refractivity contribution in [2.75, 3.05) is 13.2 Å². The van der Waals surface area contributed by atoms with E-state index in [1.807, 2.05) is 0 Å². The molecule has 0 aromatic carbocycles. The third-order valence-corrected chi connectivity index (χ3v) is 1.88. The third kappa shape index (κ3) is 3.57. The molecule has 1 heterocycles. The van der Waals surface area contributed by atoms with Crippen molar-refractivity contribution in [1.29, 1.82) is 0 Å². The summed E-state index contributed by atoms with van der Waals surface area (Å²) in [6.45, 7) is 2.20. The number of hydrogen-bond acceptors (Lipinski definition) is 5. The minimum atomic E-state index is -0.619. The molecule has 0 aromatic rings. The monoisotopic (exact) mass is 215 g/mol. The molecule has 1 fully saturated rings. The van der Waals surface area contributed by atoms with Crippen LogP contribution in [-0.2, 0) is 23.9 Å². The zero-order valence-electron chi connectivity index (χ0n) is 8.45. The van der Waals surface area contributed by atoms with E-state index in [0.29, 0.717) is 13.0 Å². The van der Waals surface area contributed by atoms with E-state index in [2.05, 4.69) is 14.8 Å². The molecule has 1 rings (SSSR count). The Bertz CT molecular complexity index is 276. The highest BCUT2D eigenvalue weighted by molar-refractivity contribution is 5.96. The number of esters is 2. The molecular weight excluding hydrogens is 202 g/mol. The molecule has 1 aliphatic heterocycles. The first-order valence-electron chi connectivity index (χ1n) is 4.75. The van der Waals surface area contributed by atoms with E-state index < -0.39 is 23.9 Å².